The normalized spacial score (nSPS) is 19.8. The highest BCUT2D eigenvalue weighted by Gasteiger charge is 2.33. The van der Waals surface area contributed by atoms with Crippen LogP contribution in [0, 0.1) is 5.41 Å². The Kier molecular flexibility index (Phi) is 4.80. The Hall–Kier alpha value is -2.15. The first-order chi connectivity index (χ1) is 13.0. The average Bonchev–Trinajstić information content (AvgIpc) is 3.23. The summed E-state index contributed by atoms with van der Waals surface area (Å²) in [7, 11) is 1.67. The molecule has 0 bridgehead atoms. The predicted octanol–water partition coefficient (Wildman–Crippen LogP) is 4.27. The SMILES string of the molecule is CCC1(C)CCN(c2cnc3c(Br)nn(Cc4ccc(OC)cc4)c3n2)C1. The third-order valence-electron chi connectivity index (χ3n) is 5.62. The number of hydrogen-bond acceptors (Lipinski definition) is 5. The van der Waals surface area contributed by atoms with E-state index in [2.05, 4.69) is 44.8 Å². The number of fused-ring (bicyclic) bond motifs is 1. The summed E-state index contributed by atoms with van der Waals surface area (Å²) in [6.45, 7) is 7.30. The molecule has 0 N–H and O–H groups in total. The van der Waals surface area contributed by atoms with Gasteiger partial charge in [0.2, 0.25) is 0 Å². The lowest BCUT2D eigenvalue weighted by Crippen LogP contribution is -2.25. The van der Waals surface area contributed by atoms with Crippen LogP contribution in [-0.2, 0) is 6.54 Å². The van der Waals surface area contributed by atoms with Crippen LogP contribution in [0.3, 0.4) is 0 Å². The molecule has 2 aromatic heterocycles. The first-order valence-electron chi connectivity index (χ1n) is 9.28. The third-order valence-corrected chi connectivity index (χ3v) is 6.15. The van der Waals surface area contributed by atoms with Gasteiger partial charge in [-0.3, -0.25) is 0 Å². The van der Waals surface area contributed by atoms with Crippen LogP contribution in [-0.4, -0.2) is 39.9 Å². The summed E-state index contributed by atoms with van der Waals surface area (Å²) in [5.41, 5.74) is 3.10. The minimum absolute atomic E-state index is 0.362. The van der Waals surface area contributed by atoms with Gasteiger partial charge in [0.05, 0.1) is 19.9 Å². The Bertz CT molecular complexity index is 955. The van der Waals surface area contributed by atoms with E-state index in [0.29, 0.717) is 12.0 Å². The Labute approximate surface area is 167 Å². The molecule has 0 spiro atoms. The van der Waals surface area contributed by atoms with Crippen LogP contribution in [0.2, 0.25) is 0 Å². The molecule has 1 atom stereocenters. The number of ether oxygens (including phenoxy) is 1. The highest BCUT2D eigenvalue weighted by Crippen LogP contribution is 2.35. The lowest BCUT2D eigenvalue weighted by Gasteiger charge is -2.23. The van der Waals surface area contributed by atoms with E-state index in [4.69, 9.17) is 9.72 Å². The zero-order chi connectivity index (χ0) is 19.0. The van der Waals surface area contributed by atoms with Gasteiger partial charge in [-0.05, 0) is 51.9 Å². The zero-order valence-electron chi connectivity index (χ0n) is 15.9. The van der Waals surface area contributed by atoms with Gasteiger partial charge in [0.25, 0.3) is 0 Å². The fourth-order valence-electron chi connectivity index (χ4n) is 3.57. The molecule has 0 radical (unpaired) electrons. The predicted molar refractivity (Wildman–Crippen MR) is 110 cm³/mol. The molecule has 142 valence electrons. The van der Waals surface area contributed by atoms with E-state index in [1.807, 2.05) is 35.1 Å². The van der Waals surface area contributed by atoms with E-state index >= 15 is 0 Å². The van der Waals surface area contributed by atoms with Crippen molar-refractivity contribution in [2.24, 2.45) is 5.41 Å². The van der Waals surface area contributed by atoms with Crippen LogP contribution in [0.5, 0.6) is 5.75 Å². The largest absolute Gasteiger partial charge is 0.497 e. The second-order valence-electron chi connectivity index (χ2n) is 7.53. The summed E-state index contributed by atoms with van der Waals surface area (Å²) >= 11 is 3.52. The number of anilines is 1. The van der Waals surface area contributed by atoms with E-state index in [1.54, 1.807) is 7.11 Å². The molecule has 1 aliphatic rings. The molecule has 1 unspecified atom stereocenters. The number of nitrogens with zero attached hydrogens (tertiary/aromatic N) is 5. The van der Waals surface area contributed by atoms with Gasteiger partial charge < -0.3 is 9.64 Å². The zero-order valence-corrected chi connectivity index (χ0v) is 17.5. The number of rotatable bonds is 5. The fraction of sp³-hybridized carbons (Fsp3) is 0.450. The number of hydrogen-bond donors (Lipinski definition) is 0. The number of aromatic nitrogens is 4. The van der Waals surface area contributed by atoms with E-state index in [0.717, 1.165) is 46.0 Å². The summed E-state index contributed by atoms with van der Waals surface area (Å²) < 4.78 is 7.87. The maximum Gasteiger partial charge on any atom is 0.180 e. The fourth-order valence-corrected chi connectivity index (χ4v) is 4.04. The second kappa shape index (κ2) is 7.11. The van der Waals surface area contributed by atoms with Crippen molar-refractivity contribution >= 4 is 32.9 Å². The van der Waals surface area contributed by atoms with Gasteiger partial charge in [0.1, 0.15) is 17.1 Å². The van der Waals surface area contributed by atoms with Crippen molar-refractivity contribution in [2.75, 3.05) is 25.1 Å². The minimum atomic E-state index is 0.362. The molecule has 1 fully saturated rings. The molecule has 6 nitrogen and oxygen atoms in total. The maximum absolute atomic E-state index is 5.23. The van der Waals surface area contributed by atoms with Gasteiger partial charge in [-0.1, -0.05) is 26.0 Å². The molecule has 1 aliphatic heterocycles. The quantitative estimate of drug-likeness (QED) is 0.605. The molecule has 0 saturated carbocycles. The number of methoxy groups -OCH3 is 1. The standard InChI is InChI=1S/C20H24BrN5O/c1-4-20(2)9-10-25(13-20)16-11-22-17-18(21)24-26(19(17)23-16)12-14-5-7-15(27-3)8-6-14/h5-8,11H,4,9-10,12-13H2,1-3H3. The van der Waals surface area contributed by atoms with Crippen molar-refractivity contribution in [3.63, 3.8) is 0 Å². The summed E-state index contributed by atoms with van der Waals surface area (Å²) in [6, 6.07) is 8.02. The van der Waals surface area contributed by atoms with Crippen molar-refractivity contribution < 1.29 is 4.74 Å². The van der Waals surface area contributed by atoms with Crippen molar-refractivity contribution in [1.29, 1.82) is 0 Å². The molecular formula is C20H24BrN5O. The van der Waals surface area contributed by atoms with Crippen molar-refractivity contribution in [3.8, 4) is 5.75 Å². The van der Waals surface area contributed by atoms with Crippen LogP contribution in [0.15, 0.2) is 35.1 Å². The van der Waals surface area contributed by atoms with Crippen LogP contribution in [0.25, 0.3) is 11.2 Å². The smallest absolute Gasteiger partial charge is 0.180 e. The Morgan fingerprint density at radius 2 is 2.04 bits per heavy atom. The van der Waals surface area contributed by atoms with Crippen LogP contribution in [0.1, 0.15) is 32.3 Å². The first-order valence-corrected chi connectivity index (χ1v) is 10.1. The van der Waals surface area contributed by atoms with Crippen molar-refractivity contribution in [1.82, 2.24) is 19.7 Å². The topological polar surface area (TPSA) is 56.1 Å². The molecule has 1 aromatic carbocycles. The van der Waals surface area contributed by atoms with E-state index in [9.17, 15) is 0 Å². The van der Waals surface area contributed by atoms with Gasteiger partial charge in [-0.15, -0.1) is 0 Å². The second-order valence-corrected chi connectivity index (χ2v) is 8.28. The van der Waals surface area contributed by atoms with Gasteiger partial charge >= 0.3 is 0 Å². The molecule has 3 aromatic rings. The van der Waals surface area contributed by atoms with Gasteiger partial charge in [-0.2, -0.15) is 5.10 Å². The van der Waals surface area contributed by atoms with E-state index < -0.39 is 0 Å². The molecule has 3 heterocycles. The minimum Gasteiger partial charge on any atom is -0.497 e. The van der Waals surface area contributed by atoms with Gasteiger partial charge in [-0.25, -0.2) is 14.6 Å². The van der Waals surface area contributed by atoms with Crippen LogP contribution in [0.4, 0.5) is 5.82 Å². The number of halogens is 1. The molecule has 0 aliphatic carbocycles. The highest BCUT2D eigenvalue weighted by molar-refractivity contribution is 9.10. The van der Waals surface area contributed by atoms with Crippen LogP contribution >= 0.6 is 15.9 Å². The van der Waals surface area contributed by atoms with Crippen molar-refractivity contribution in [3.05, 3.63) is 40.6 Å². The van der Waals surface area contributed by atoms with Gasteiger partial charge in [0, 0.05) is 13.1 Å². The maximum atomic E-state index is 5.23. The summed E-state index contributed by atoms with van der Waals surface area (Å²) in [5.74, 6) is 1.78. The first kappa shape index (κ1) is 18.2. The third kappa shape index (κ3) is 3.52. The highest BCUT2D eigenvalue weighted by atomic mass is 79.9. The van der Waals surface area contributed by atoms with E-state index in [1.165, 1.54) is 12.8 Å². The number of benzene rings is 1. The molecular weight excluding hydrogens is 406 g/mol. The van der Waals surface area contributed by atoms with Gasteiger partial charge in [0.15, 0.2) is 10.3 Å². The Morgan fingerprint density at radius 1 is 1.26 bits per heavy atom. The summed E-state index contributed by atoms with van der Waals surface area (Å²) in [6.07, 6.45) is 4.24. The average molecular weight is 430 g/mol. The molecule has 1 saturated heterocycles. The molecule has 4 rings (SSSR count). The van der Waals surface area contributed by atoms with Crippen molar-refractivity contribution in [2.45, 2.75) is 33.2 Å². The summed E-state index contributed by atoms with van der Waals surface area (Å²) in [4.78, 5) is 11.9. The van der Waals surface area contributed by atoms with E-state index in [-0.39, 0.29) is 0 Å². The molecule has 0 amide bonds. The Balaban J connectivity index is 1.65. The lowest BCUT2D eigenvalue weighted by molar-refractivity contribution is 0.355. The Morgan fingerprint density at radius 3 is 2.70 bits per heavy atom. The lowest BCUT2D eigenvalue weighted by atomic mass is 9.87. The molecule has 7 heteroatoms. The van der Waals surface area contributed by atoms with Crippen LogP contribution < -0.4 is 9.64 Å². The monoisotopic (exact) mass is 429 g/mol. The summed E-state index contributed by atoms with van der Waals surface area (Å²) in [5, 5.41) is 4.60. The molecule has 27 heavy (non-hydrogen) atoms.